The number of hydrogen-bond donors (Lipinski definition) is 4. The number of fused-ring (bicyclic) bond motifs is 1. The van der Waals surface area contributed by atoms with Crippen LogP contribution in [0.2, 0.25) is 0 Å². The molecule has 8 nitrogen and oxygen atoms in total. The van der Waals surface area contributed by atoms with Crippen molar-refractivity contribution in [3.8, 4) is 0 Å². The number of carboxylic acids is 1. The molecular formula is C17H25N3O5S. The molecule has 0 spiro atoms. The third-order valence-electron chi connectivity index (χ3n) is 5.27. The lowest BCUT2D eigenvalue weighted by Crippen LogP contribution is -2.63. The van der Waals surface area contributed by atoms with E-state index >= 15 is 0 Å². The van der Waals surface area contributed by atoms with Crippen LogP contribution in [-0.2, 0) is 9.59 Å². The van der Waals surface area contributed by atoms with E-state index in [1.54, 1.807) is 25.9 Å². The Labute approximate surface area is 156 Å². The van der Waals surface area contributed by atoms with Crippen LogP contribution in [0.4, 0.5) is 0 Å². The van der Waals surface area contributed by atoms with Crippen LogP contribution in [0.1, 0.15) is 20.3 Å². The second kappa shape index (κ2) is 6.70. The van der Waals surface area contributed by atoms with Gasteiger partial charge in [0.25, 0.3) is 0 Å². The first-order valence-electron chi connectivity index (χ1n) is 8.63. The van der Waals surface area contributed by atoms with E-state index in [0.717, 1.165) is 5.70 Å². The zero-order valence-corrected chi connectivity index (χ0v) is 16.1. The molecule has 9 heteroatoms. The van der Waals surface area contributed by atoms with Crippen molar-refractivity contribution in [2.24, 2.45) is 11.8 Å². The zero-order valence-electron chi connectivity index (χ0n) is 15.3. The van der Waals surface area contributed by atoms with E-state index < -0.39 is 18.0 Å². The monoisotopic (exact) mass is 383 g/mol. The summed E-state index contributed by atoms with van der Waals surface area (Å²) in [6.45, 7) is 4.09. The second-order valence-corrected chi connectivity index (χ2v) is 8.64. The van der Waals surface area contributed by atoms with Gasteiger partial charge >= 0.3 is 5.97 Å². The first kappa shape index (κ1) is 18.9. The summed E-state index contributed by atoms with van der Waals surface area (Å²) < 4.78 is 0. The van der Waals surface area contributed by atoms with E-state index in [0.29, 0.717) is 17.9 Å². The quantitative estimate of drug-likeness (QED) is 0.402. The van der Waals surface area contributed by atoms with E-state index in [9.17, 15) is 24.9 Å². The van der Waals surface area contributed by atoms with Crippen LogP contribution in [-0.4, -0.2) is 75.0 Å². The second-order valence-electron chi connectivity index (χ2n) is 7.29. The molecule has 1 amide bonds. The van der Waals surface area contributed by atoms with Crippen LogP contribution in [0.3, 0.4) is 0 Å². The molecule has 5 unspecified atom stereocenters. The zero-order chi connectivity index (χ0) is 19.3. The Morgan fingerprint density at radius 1 is 1.38 bits per heavy atom. The summed E-state index contributed by atoms with van der Waals surface area (Å²) in [7, 11) is 3.50. The minimum Gasteiger partial charge on any atom is -0.493 e. The summed E-state index contributed by atoms with van der Waals surface area (Å²) in [4.78, 5) is 27.8. The molecule has 2 fully saturated rings. The molecule has 4 N–H and O–H groups in total. The minimum absolute atomic E-state index is 0.0451. The van der Waals surface area contributed by atoms with E-state index in [1.165, 1.54) is 16.7 Å². The van der Waals surface area contributed by atoms with Gasteiger partial charge in [-0.05, 0) is 6.92 Å². The summed E-state index contributed by atoms with van der Waals surface area (Å²) in [6, 6.07) is -0.296. The number of nitrogens with one attached hydrogen (secondary N) is 1. The Morgan fingerprint density at radius 2 is 2.04 bits per heavy atom. The molecule has 0 aromatic carbocycles. The highest BCUT2D eigenvalue weighted by Crippen LogP contribution is 2.51. The molecule has 0 aromatic heterocycles. The Balaban J connectivity index is 1.83. The van der Waals surface area contributed by atoms with Gasteiger partial charge in [0.15, 0.2) is 0 Å². The first-order chi connectivity index (χ1) is 12.1. The molecule has 144 valence electrons. The number of thioether (sulfide) groups is 1. The molecule has 3 aliphatic heterocycles. The summed E-state index contributed by atoms with van der Waals surface area (Å²) in [5, 5.41) is 32.8. The highest BCUT2D eigenvalue weighted by atomic mass is 32.2. The number of rotatable bonds is 5. The Morgan fingerprint density at radius 3 is 2.58 bits per heavy atom. The Bertz CT molecular complexity index is 703. The number of β-lactam (4-membered cyclic amide) rings is 1. The highest BCUT2D eigenvalue weighted by molar-refractivity contribution is 8.03. The van der Waals surface area contributed by atoms with E-state index in [4.69, 9.17) is 0 Å². The van der Waals surface area contributed by atoms with Gasteiger partial charge < -0.3 is 30.4 Å². The molecule has 5 atom stereocenters. The van der Waals surface area contributed by atoms with Crippen molar-refractivity contribution < 1.29 is 24.9 Å². The SMILES string of the molecule is CC(O)C1C(=O)N2C(C(=O)O)=C(SC3CN/C(=C(/O)N(C)C)C3)C(C)C12. The van der Waals surface area contributed by atoms with Gasteiger partial charge in [-0.2, -0.15) is 0 Å². The van der Waals surface area contributed by atoms with Gasteiger partial charge in [0.2, 0.25) is 11.8 Å². The predicted molar refractivity (Wildman–Crippen MR) is 97.0 cm³/mol. The van der Waals surface area contributed by atoms with Crippen molar-refractivity contribution in [1.29, 1.82) is 0 Å². The van der Waals surface area contributed by atoms with Crippen molar-refractivity contribution in [3.05, 3.63) is 22.2 Å². The molecular weight excluding hydrogens is 358 g/mol. The fourth-order valence-corrected chi connectivity index (χ4v) is 5.42. The van der Waals surface area contributed by atoms with Crippen molar-refractivity contribution in [2.45, 2.75) is 37.7 Å². The highest BCUT2D eigenvalue weighted by Gasteiger charge is 2.60. The lowest BCUT2D eigenvalue weighted by atomic mass is 9.79. The maximum atomic E-state index is 12.3. The number of carbonyl (C=O) groups excluding carboxylic acids is 1. The van der Waals surface area contributed by atoms with Gasteiger partial charge in [0.1, 0.15) is 5.70 Å². The fourth-order valence-electron chi connectivity index (χ4n) is 3.99. The molecule has 3 heterocycles. The largest absolute Gasteiger partial charge is 0.493 e. The molecule has 3 aliphatic rings. The van der Waals surface area contributed by atoms with Crippen molar-refractivity contribution in [2.75, 3.05) is 20.6 Å². The number of aliphatic hydroxyl groups excluding tert-OH is 2. The van der Waals surface area contributed by atoms with Gasteiger partial charge in [-0.15, -0.1) is 11.8 Å². The van der Waals surface area contributed by atoms with Crippen LogP contribution >= 0.6 is 11.8 Å². The smallest absolute Gasteiger partial charge is 0.353 e. The standard InChI is InChI=1S/C17H25N3O5S/c1-7-12-11(8(2)21)16(23)20(12)13(17(24)25)14(7)26-9-5-10(18-6-9)15(22)19(3)4/h7-9,11-12,18,21-22H,5-6H2,1-4H3,(H,24,25)/b15-10+. The molecule has 0 bridgehead atoms. The molecule has 26 heavy (non-hydrogen) atoms. The van der Waals surface area contributed by atoms with Crippen molar-refractivity contribution in [3.63, 3.8) is 0 Å². The van der Waals surface area contributed by atoms with Crippen molar-refractivity contribution in [1.82, 2.24) is 15.1 Å². The van der Waals surface area contributed by atoms with Gasteiger partial charge in [-0.1, -0.05) is 6.92 Å². The molecule has 0 aromatic rings. The molecule has 0 radical (unpaired) electrons. The molecule has 0 aliphatic carbocycles. The van der Waals surface area contributed by atoms with Crippen LogP contribution in [0.15, 0.2) is 22.2 Å². The Hall–Kier alpha value is -1.87. The van der Waals surface area contributed by atoms with E-state index in [1.807, 2.05) is 6.92 Å². The number of carboxylic acid groups (broad SMARTS) is 1. The average molecular weight is 383 g/mol. The van der Waals surface area contributed by atoms with Gasteiger partial charge in [0, 0.05) is 43.1 Å². The fraction of sp³-hybridized carbons (Fsp3) is 0.647. The summed E-state index contributed by atoms with van der Waals surface area (Å²) in [6.07, 6.45) is -0.207. The number of hydrogen-bond acceptors (Lipinski definition) is 7. The van der Waals surface area contributed by atoms with Crippen LogP contribution < -0.4 is 5.32 Å². The maximum absolute atomic E-state index is 12.3. The number of amides is 1. The summed E-state index contributed by atoms with van der Waals surface area (Å²) in [5.41, 5.74) is 0.778. The predicted octanol–water partition coefficient (Wildman–Crippen LogP) is 0.524. The van der Waals surface area contributed by atoms with Crippen LogP contribution in [0, 0.1) is 11.8 Å². The van der Waals surface area contributed by atoms with Gasteiger partial charge in [-0.25, -0.2) is 4.79 Å². The lowest BCUT2D eigenvalue weighted by molar-refractivity contribution is -0.163. The van der Waals surface area contributed by atoms with E-state index in [2.05, 4.69) is 5.32 Å². The van der Waals surface area contributed by atoms with Crippen LogP contribution in [0.5, 0.6) is 0 Å². The van der Waals surface area contributed by atoms with Gasteiger partial charge in [-0.3, -0.25) is 4.79 Å². The number of aliphatic hydroxyl groups is 2. The summed E-state index contributed by atoms with van der Waals surface area (Å²) in [5.74, 6) is -1.95. The lowest BCUT2D eigenvalue weighted by Gasteiger charge is -2.46. The number of allylic oxidation sites excluding steroid dienone is 1. The topological polar surface area (TPSA) is 113 Å². The van der Waals surface area contributed by atoms with Gasteiger partial charge in [0.05, 0.1) is 23.8 Å². The normalized spacial score (nSPS) is 33.6. The van der Waals surface area contributed by atoms with E-state index in [-0.39, 0.29) is 34.7 Å². The number of nitrogens with zero attached hydrogens (tertiary/aromatic N) is 2. The minimum atomic E-state index is -1.11. The summed E-state index contributed by atoms with van der Waals surface area (Å²) >= 11 is 1.45. The number of carbonyl (C=O) groups is 2. The molecule has 0 saturated carbocycles. The molecule has 3 rings (SSSR count). The third kappa shape index (κ3) is 2.83. The van der Waals surface area contributed by atoms with Crippen molar-refractivity contribution >= 4 is 23.6 Å². The average Bonchev–Trinajstić information content (AvgIpc) is 3.09. The Kier molecular flexibility index (Phi) is 4.87. The third-order valence-corrected chi connectivity index (χ3v) is 6.76. The maximum Gasteiger partial charge on any atom is 0.353 e. The number of aliphatic carboxylic acids is 1. The van der Waals surface area contributed by atoms with Crippen LogP contribution in [0.25, 0.3) is 0 Å². The molecule has 2 saturated heterocycles. The first-order valence-corrected chi connectivity index (χ1v) is 9.51.